The highest BCUT2D eigenvalue weighted by molar-refractivity contribution is 14.1. The van der Waals surface area contributed by atoms with E-state index in [-0.39, 0.29) is 5.91 Å². The molecule has 3 heteroatoms. The second kappa shape index (κ2) is 5.59. The summed E-state index contributed by atoms with van der Waals surface area (Å²) in [7, 11) is 0. The molecule has 0 N–H and O–H groups in total. The molecule has 18 heavy (non-hydrogen) atoms. The summed E-state index contributed by atoms with van der Waals surface area (Å²) in [5.41, 5.74) is 2.05. The van der Waals surface area contributed by atoms with Gasteiger partial charge in [-0.25, -0.2) is 0 Å². The number of halogens is 1. The largest absolute Gasteiger partial charge is 0.335 e. The lowest BCUT2D eigenvalue weighted by molar-refractivity contribution is 0.0721. The second-order valence-electron chi connectivity index (χ2n) is 5.52. The van der Waals surface area contributed by atoms with E-state index in [0.29, 0.717) is 12.0 Å². The fourth-order valence-corrected chi connectivity index (χ4v) is 2.74. The molecule has 2 rings (SSSR count). The number of amides is 1. The fraction of sp³-hybridized carbons (Fsp3) is 0.533. The average molecular weight is 357 g/mol. The molecule has 0 atom stereocenters. The molecule has 0 unspecified atom stereocenters. The number of rotatable bonds is 4. The summed E-state index contributed by atoms with van der Waals surface area (Å²) in [5.74, 6) is 0.733. The minimum absolute atomic E-state index is 0.208. The minimum atomic E-state index is 0.208. The quantitative estimate of drug-likeness (QED) is 0.750. The predicted octanol–water partition coefficient (Wildman–Crippen LogP) is 3.86. The lowest BCUT2D eigenvalue weighted by Crippen LogP contribution is -2.36. The molecule has 1 aromatic carbocycles. The van der Waals surface area contributed by atoms with Crippen LogP contribution in [0, 0.1) is 16.4 Å². The van der Waals surface area contributed by atoms with Gasteiger partial charge in [0.2, 0.25) is 0 Å². The zero-order chi connectivity index (χ0) is 13.3. The molecule has 1 saturated carbocycles. The Hall–Kier alpha value is -0.580. The number of aryl methyl sites for hydroxylation is 1. The lowest BCUT2D eigenvalue weighted by Gasteiger charge is -2.25. The first-order valence-corrected chi connectivity index (χ1v) is 7.64. The number of carbonyl (C=O) groups is 1. The van der Waals surface area contributed by atoms with Crippen molar-refractivity contribution in [2.24, 2.45) is 5.92 Å². The summed E-state index contributed by atoms with van der Waals surface area (Å²) < 4.78 is 1.09. The molecule has 2 nitrogen and oxygen atoms in total. The van der Waals surface area contributed by atoms with Crippen molar-refractivity contribution in [3.63, 3.8) is 0 Å². The molecule has 1 aromatic rings. The van der Waals surface area contributed by atoms with E-state index in [1.807, 2.05) is 12.1 Å². The van der Waals surface area contributed by atoms with Crippen LogP contribution in [0.5, 0.6) is 0 Å². The van der Waals surface area contributed by atoms with E-state index in [1.165, 1.54) is 18.4 Å². The third kappa shape index (κ3) is 3.05. The van der Waals surface area contributed by atoms with Crippen LogP contribution in [0.4, 0.5) is 0 Å². The SMILES string of the molecule is Cc1cccc(C(=O)N(CC(C)C)C2CC2)c1I. The maximum absolute atomic E-state index is 12.7. The smallest absolute Gasteiger partial charge is 0.255 e. The molecule has 1 aliphatic carbocycles. The standard InChI is InChI=1S/C15H20INO/c1-10(2)9-17(12-7-8-12)15(18)13-6-4-5-11(3)14(13)16/h4-6,10,12H,7-9H2,1-3H3. The topological polar surface area (TPSA) is 20.3 Å². The van der Waals surface area contributed by atoms with Crippen LogP contribution in [0.2, 0.25) is 0 Å². The average Bonchev–Trinajstić information content (AvgIpc) is 3.12. The van der Waals surface area contributed by atoms with Gasteiger partial charge in [0.05, 0.1) is 5.56 Å². The van der Waals surface area contributed by atoms with Crippen molar-refractivity contribution in [1.82, 2.24) is 4.90 Å². The molecule has 0 spiro atoms. The van der Waals surface area contributed by atoms with Crippen LogP contribution in [0.3, 0.4) is 0 Å². The van der Waals surface area contributed by atoms with Gasteiger partial charge in [0, 0.05) is 16.2 Å². The predicted molar refractivity (Wildman–Crippen MR) is 82.8 cm³/mol. The Labute approximate surface area is 123 Å². The Bertz CT molecular complexity index is 452. The molecule has 0 radical (unpaired) electrons. The van der Waals surface area contributed by atoms with Crippen LogP contribution < -0.4 is 0 Å². The molecule has 0 heterocycles. The molecule has 98 valence electrons. The third-order valence-corrected chi connectivity index (χ3v) is 4.66. The van der Waals surface area contributed by atoms with Crippen molar-refractivity contribution >= 4 is 28.5 Å². The zero-order valence-corrected chi connectivity index (χ0v) is 13.4. The van der Waals surface area contributed by atoms with Gasteiger partial charge in [-0.2, -0.15) is 0 Å². The number of hydrogen-bond acceptors (Lipinski definition) is 1. The Kier molecular flexibility index (Phi) is 4.30. The van der Waals surface area contributed by atoms with Crippen molar-refractivity contribution in [2.45, 2.75) is 39.7 Å². The maximum atomic E-state index is 12.7. The number of nitrogens with zero attached hydrogens (tertiary/aromatic N) is 1. The Morgan fingerprint density at radius 1 is 1.44 bits per heavy atom. The summed E-state index contributed by atoms with van der Waals surface area (Å²) in [6, 6.07) is 6.47. The van der Waals surface area contributed by atoms with E-state index in [2.05, 4.69) is 54.3 Å². The number of carbonyl (C=O) groups excluding carboxylic acids is 1. The molecule has 1 amide bonds. The van der Waals surface area contributed by atoms with E-state index in [0.717, 1.165) is 15.7 Å². The monoisotopic (exact) mass is 357 g/mol. The van der Waals surface area contributed by atoms with Gasteiger partial charge in [-0.3, -0.25) is 4.79 Å². The molecule has 0 bridgehead atoms. The number of hydrogen-bond donors (Lipinski definition) is 0. The minimum Gasteiger partial charge on any atom is -0.335 e. The molecular weight excluding hydrogens is 337 g/mol. The lowest BCUT2D eigenvalue weighted by atomic mass is 10.1. The van der Waals surface area contributed by atoms with Gasteiger partial charge in [0.25, 0.3) is 5.91 Å². The van der Waals surface area contributed by atoms with E-state index in [1.54, 1.807) is 0 Å². The van der Waals surface area contributed by atoms with Crippen LogP contribution in [0.25, 0.3) is 0 Å². The van der Waals surface area contributed by atoms with Crippen LogP contribution in [-0.4, -0.2) is 23.4 Å². The van der Waals surface area contributed by atoms with E-state index >= 15 is 0 Å². The Morgan fingerprint density at radius 3 is 2.67 bits per heavy atom. The summed E-state index contributed by atoms with van der Waals surface area (Å²) in [4.78, 5) is 14.7. The molecule has 0 aromatic heterocycles. The second-order valence-corrected chi connectivity index (χ2v) is 6.60. The summed E-state index contributed by atoms with van der Waals surface area (Å²) in [6.07, 6.45) is 2.34. The van der Waals surface area contributed by atoms with Gasteiger partial charge in [0.15, 0.2) is 0 Å². The Morgan fingerprint density at radius 2 is 2.11 bits per heavy atom. The van der Waals surface area contributed by atoms with E-state index in [9.17, 15) is 4.79 Å². The van der Waals surface area contributed by atoms with Crippen molar-refractivity contribution in [1.29, 1.82) is 0 Å². The van der Waals surface area contributed by atoms with E-state index < -0.39 is 0 Å². The van der Waals surface area contributed by atoms with Crippen molar-refractivity contribution in [2.75, 3.05) is 6.54 Å². The van der Waals surface area contributed by atoms with Crippen molar-refractivity contribution in [3.05, 3.63) is 32.9 Å². The van der Waals surface area contributed by atoms with Gasteiger partial charge in [-0.15, -0.1) is 0 Å². The van der Waals surface area contributed by atoms with Crippen LogP contribution in [-0.2, 0) is 0 Å². The molecular formula is C15H20INO. The van der Waals surface area contributed by atoms with Gasteiger partial charge < -0.3 is 4.90 Å². The van der Waals surface area contributed by atoms with Crippen LogP contribution in [0.15, 0.2) is 18.2 Å². The summed E-state index contributed by atoms with van der Waals surface area (Å²) >= 11 is 2.28. The zero-order valence-electron chi connectivity index (χ0n) is 11.2. The Balaban J connectivity index is 2.25. The normalized spacial score (nSPS) is 14.9. The fourth-order valence-electron chi connectivity index (χ4n) is 2.14. The highest BCUT2D eigenvalue weighted by atomic mass is 127. The van der Waals surface area contributed by atoms with E-state index in [4.69, 9.17) is 0 Å². The summed E-state index contributed by atoms with van der Waals surface area (Å²) in [6.45, 7) is 7.27. The third-order valence-electron chi connectivity index (χ3n) is 3.23. The van der Waals surface area contributed by atoms with Gasteiger partial charge in [-0.05, 0) is 59.9 Å². The van der Waals surface area contributed by atoms with Gasteiger partial charge in [0.1, 0.15) is 0 Å². The van der Waals surface area contributed by atoms with Crippen molar-refractivity contribution in [3.8, 4) is 0 Å². The van der Waals surface area contributed by atoms with Gasteiger partial charge >= 0.3 is 0 Å². The molecule has 0 saturated heterocycles. The first kappa shape index (κ1) is 13.8. The summed E-state index contributed by atoms with van der Waals surface area (Å²) in [5, 5.41) is 0. The maximum Gasteiger partial charge on any atom is 0.255 e. The molecule has 1 aliphatic rings. The first-order chi connectivity index (χ1) is 8.50. The molecule has 1 fully saturated rings. The van der Waals surface area contributed by atoms with Crippen LogP contribution >= 0.6 is 22.6 Å². The highest BCUT2D eigenvalue weighted by Crippen LogP contribution is 2.30. The van der Waals surface area contributed by atoms with Crippen LogP contribution in [0.1, 0.15) is 42.6 Å². The van der Waals surface area contributed by atoms with Gasteiger partial charge in [-0.1, -0.05) is 26.0 Å². The molecule has 0 aliphatic heterocycles. The highest BCUT2D eigenvalue weighted by Gasteiger charge is 2.33. The van der Waals surface area contributed by atoms with Crippen molar-refractivity contribution < 1.29 is 4.79 Å². The first-order valence-electron chi connectivity index (χ1n) is 6.56. The number of benzene rings is 1.